The number of alkyl halides is 2. The van der Waals surface area contributed by atoms with Crippen molar-refractivity contribution in [2.24, 2.45) is 28.2 Å². The van der Waals surface area contributed by atoms with E-state index in [-0.39, 0.29) is 36.3 Å². The summed E-state index contributed by atoms with van der Waals surface area (Å²) in [5.74, 6) is -0.511. The first-order chi connectivity index (χ1) is 10.1. The van der Waals surface area contributed by atoms with Gasteiger partial charge in [-0.15, -0.1) is 0 Å². The number of esters is 1. The Balaban J connectivity index is 2.12. The topological polar surface area (TPSA) is 78.3 Å². The number of carbonyl (C=O) groups is 1. The molecule has 22 heavy (non-hydrogen) atoms. The second kappa shape index (κ2) is 5.71. The third-order valence-corrected chi connectivity index (χ3v) is 6.53. The highest BCUT2D eigenvalue weighted by Gasteiger charge is 2.63. The first-order valence-corrected chi connectivity index (χ1v) is 8.08. The number of ether oxygens (including phenoxy) is 1. The van der Waals surface area contributed by atoms with Crippen molar-refractivity contribution in [2.75, 3.05) is 6.54 Å². The van der Waals surface area contributed by atoms with Crippen LogP contribution in [0.25, 0.3) is 0 Å². The molecule has 2 saturated carbocycles. The number of rotatable bonds is 6. The Morgan fingerprint density at radius 2 is 2.05 bits per heavy atom. The van der Waals surface area contributed by atoms with E-state index < -0.39 is 17.9 Å². The molecule has 0 spiro atoms. The van der Waals surface area contributed by atoms with Gasteiger partial charge >= 0.3 is 5.97 Å². The van der Waals surface area contributed by atoms with E-state index in [4.69, 9.17) is 16.2 Å². The third-order valence-electron chi connectivity index (χ3n) is 6.53. The van der Waals surface area contributed by atoms with Crippen LogP contribution in [0, 0.1) is 16.7 Å². The standard InChI is InChI=1S/C16H28F2N2O2/c1-14(2)10-5-7-15(14,3)11(9-10)22-13(21)16(20,12(17)18)6-4-8-19/h10-12H,4-9,19-20H2,1-3H3. The zero-order chi connectivity index (χ0) is 16.8. The van der Waals surface area contributed by atoms with Gasteiger partial charge in [-0.25, -0.2) is 13.6 Å². The monoisotopic (exact) mass is 318 g/mol. The van der Waals surface area contributed by atoms with Crippen LogP contribution < -0.4 is 11.5 Å². The van der Waals surface area contributed by atoms with Gasteiger partial charge in [-0.2, -0.15) is 0 Å². The molecular formula is C16H28F2N2O2. The molecule has 4 unspecified atom stereocenters. The second-order valence-electron chi connectivity index (χ2n) is 7.74. The minimum atomic E-state index is -2.95. The van der Waals surface area contributed by atoms with Crippen molar-refractivity contribution in [3.8, 4) is 0 Å². The minimum Gasteiger partial charge on any atom is -0.460 e. The van der Waals surface area contributed by atoms with Crippen molar-refractivity contribution in [2.45, 2.75) is 70.9 Å². The lowest BCUT2D eigenvalue weighted by molar-refractivity contribution is -0.170. The summed E-state index contributed by atoms with van der Waals surface area (Å²) in [6.07, 6.45) is -0.363. The molecule has 2 rings (SSSR count). The largest absolute Gasteiger partial charge is 0.460 e. The maximum Gasteiger partial charge on any atom is 0.332 e. The zero-order valence-electron chi connectivity index (χ0n) is 13.7. The molecule has 2 bridgehead atoms. The van der Waals surface area contributed by atoms with Crippen LogP contribution >= 0.6 is 0 Å². The van der Waals surface area contributed by atoms with E-state index in [1.807, 2.05) is 0 Å². The van der Waals surface area contributed by atoms with Gasteiger partial charge in [0.05, 0.1) is 0 Å². The highest BCUT2D eigenvalue weighted by atomic mass is 19.3. The van der Waals surface area contributed by atoms with E-state index in [2.05, 4.69) is 20.8 Å². The summed E-state index contributed by atoms with van der Waals surface area (Å²) in [5, 5.41) is 0. The molecule has 2 aliphatic rings. The smallest absolute Gasteiger partial charge is 0.332 e. The molecule has 4 atom stereocenters. The summed E-state index contributed by atoms with van der Waals surface area (Å²) in [6.45, 7) is 6.67. The maximum atomic E-state index is 13.3. The SMILES string of the molecule is CC1(C)C2CCC1(C)C(OC(=O)C(N)(CCCN)C(F)F)C2. The fourth-order valence-electron chi connectivity index (χ4n) is 4.24. The number of halogens is 2. The molecule has 0 amide bonds. The lowest BCUT2D eigenvalue weighted by Gasteiger charge is -2.39. The summed E-state index contributed by atoms with van der Waals surface area (Å²) >= 11 is 0. The molecule has 0 saturated heterocycles. The Morgan fingerprint density at radius 1 is 1.41 bits per heavy atom. The summed E-state index contributed by atoms with van der Waals surface area (Å²) in [7, 11) is 0. The first kappa shape index (κ1) is 17.6. The quantitative estimate of drug-likeness (QED) is 0.737. The Labute approximate surface area is 130 Å². The van der Waals surface area contributed by atoms with E-state index in [0.717, 1.165) is 19.3 Å². The number of fused-ring (bicyclic) bond motifs is 2. The Hall–Kier alpha value is -0.750. The normalized spacial score (nSPS) is 35.6. The molecule has 128 valence electrons. The average Bonchev–Trinajstić information content (AvgIpc) is 2.77. The van der Waals surface area contributed by atoms with Crippen molar-refractivity contribution in [1.82, 2.24) is 0 Å². The van der Waals surface area contributed by atoms with Crippen LogP contribution in [0.15, 0.2) is 0 Å². The fourth-order valence-corrected chi connectivity index (χ4v) is 4.24. The van der Waals surface area contributed by atoms with Crippen LogP contribution in [-0.2, 0) is 9.53 Å². The molecule has 0 aliphatic heterocycles. The van der Waals surface area contributed by atoms with Gasteiger partial charge in [0.25, 0.3) is 6.43 Å². The van der Waals surface area contributed by atoms with Crippen molar-refractivity contribution >= 4 is 5.97 Å². The first-order valence-electron chi connectivity index (χ1n) is 8.08. The van der Waals surface area contributed by atoms with Crippen LogP contribution in [0.3, 0.4) is 0 Å². The van der Waals surface area contributed by atoms with E-state index in [1.54, 1.807) is 0 Å². The minimum absolute atomic E-state index is 0.0529. The second-order valence-corrected chi connectivity index (χ2v) is 7.74. The Morgan fingerprint density at radius 3 is 2.45 bits per heavy atom. The molecule has 0 heterocycles. The van der Waals surface area contributed by atoms with Gasteiger partial charge in [0.15, 0.2) is 5.54 Å². The van der Waals surface area contributed by atoms with Crippen LogP contribution in [0.2, 0.25) is 0 Å². The number of nitrogens with two attached hydrogens (primary N) is 2. The van der Waals surface area contributed by atoms with E-state index in [9.17, 15) is 13.6 Å². The summed E-state index contributed by atoms with van der Waals surface area (Å²) < 4.78 is 32.1. The van der Waals surface area contributed by atoms with Gasteiger partial charge in [0, 0.05) is 5.41 Å². The molecule has 0 aromatic heterocycles. The molecule has 0 radical (unpaired) electrons. The van der Waals surface area contributed by atoms with Crippen molar-refractivity contribution in [1.29, 1.82) is 0 Å². The zero-order valence-corrected chi connectivity index (χ0v) is 13.7. The van der Waals surface area contributed by atoms with Crippen molar-refractivity contribution in [3.05, 3.63) is 0 Å². The predicted molar refractivity (Wildman–Crippen MR) is 80.3 cm³/mol. The van der Waals surface area contributed by atoms with Gasteiger partial charge in [0.1, 0.15) is 6.10 Å². The highest BCUT2D eigenvalue weighted by Crippen LogP contribution is 2.66. The number of hydrogen-bond acceptors (Lipinski definition) is 4. The molecule has 2 aliphatic carbocycles. The Bertz CT molecular complexity index is 444. The molecule has 4 N–H and O–H groups in total. The van der Waals surface area contributed by atoms with Gasteiger partial charge < -0.3 is 16.2 Å². The van der Waals surface area contributed by atoms with Gasteiger partial charge in [-0.05, 0) is 50.0 Å². The molecule has 0 aromatic carbocycles. The van der Waals surface area contributed by atoms with E-state index >= 15 is 0 Å². The molecule has 0 aromatic rings. The maximum absolute atomic E-state index is 13.3. The van der Waals surface area contributed by atoms with Crippen molar-refractivity contribution < 1.29 is 18.3 Å². The van der Waals surface area contributed by atoms with Crippen LogP contribution in [0.5, 0.6) is 0 Å². The third kappa shape index (κ3) is 2.44. The van der Waals surface area contributed by atoms with Gasteiger partial charge in [-0.1, -0.05) is 20.8 Å². The van der Waals surface area contributed by atoms with Crippen LogP contribution in [0.4, 0.5) is 8.78 Å². The Kier molecular flexibility index (Phi) is 4.57. The van der Waals surface area contributed by atoms with Crippen LogP contribution in [-0.4, -0.2) is 30.6 Å². The van der Waals surface area contributed by atoms with Gasteiger partial charge in [-0.3, -0.25) is 0 Å². The van der Waals surface area contributed by atoms with Gasteiger partial charge in [0.2, 0.25) is 0 Å². The predicted octanol–water partition coefficient (Wildman–Crippen LogP) is 2.45. The van der Waals surface area contributed by atoms with Crippen LogP contribution in [0.1, 0.15) is 52.9 Å². The number of carbonyl (C=O) groups excluding carboxylic acids is 1. The summed E-state index contributed by atoms with van der Waals surface area (Å²) in [6, 6.07) is 0. The lowest BCUT2D eigenvalue weighted by Crippen LogP contribution is -2.57. The molecule has 6 heteroatoms. The molecule has 4 nitrogen and oxygen atoms in total. The molecular weight excluding hydrogens is 290 g/mol. The van der Waals surface area contributed by atoms with E-state index in [1.165, 1.54) is 0 Å². The lowest BCUT2D eigenvalue weighted by atomic mass is 9.70. The summed E-state index contributed by atoms with van der Waals surface area (Å²) in [4.78, 5) is 12.3. The average molecular weight is 318 g/mol. The summed E-state index contributed by atoms with van der Waals surface area (Å²) in [5.41, 5.74) is 8.67. The highest BCUT2D eigenvalue weighted by molar-refractivity contribution is 5.81. The number of hydrogen-bond donors (Lipinski definition) is 2. The van der Waals surface area contributed by atoms with Crippen molar-refractivity contribution in [3.63, 3.8) is 0 Å². The van der Waals surface area contributed by atoms with E-state index in [0.29, 0.717) is 5.92 Å². The molecule has 2 fully saturated rings. The fraction of sp³-hybridized carbons (Fsp3) is 0.938.